The molecule has 0 aliphatic carbocycles. The highest BCUT2D eigenvalue weighted by atomic mass is 35.5. The van der Waals surface area contributed by atoms with Gasteiger partial charge in [-0.25, -0.2) is 4.39 Å². The van der Waals surface area contributed by atoms with E-state index in [4.69, 9.17) is 22.1 Å². The summed E-state index contributed by atoms with van der Waals surface area (Å²) in [7, 11) is 1.56. The first-order chi connectivity index (χ1) is 8.60. The molecule has 0 aromatic heterocycles. The molecule has 5 heteroatoms. The van der Waals surface area contributed by atoms with Gasteiger partial charge in [0.05, 0.1) is 24.2 Å². The summed E-state index contributed by atoms with van der Waals surface area (Å²) in [5.74, 6) is 0.249. The topological polar surface area (TPSA) is 47.3 Å². The van der Waals surface area contributed by atoms with Crippen molar-refractivity contribution >= 4 is 28.7 Å². The summed E-state index contributed by atoms with van der Waals surface area (Å²) < 4.78 is 18.1. The summed E-state index contributed by atoms with van der Waals surface area (Å²) in [6.45, 7) is 0. The Morgan fingerprint density at radius 2 is 1.94 bits per heavy atom. The fourth-order valence-corrected chi connectivity index (χ4v) is 1.74. The fraction of sp³-hybridized carbons (Fsp3) is 0.0769. The van der Waals surface area contributed by atoms with Gasteiger partial charge in [-0.2, -0.15) is 0 Å². The Bertz CT molecular complexity index is 575. The van der Waals surface area contributed by atoms with Crippen LogP contribution in [0.4, 0.5) is 21.5 Å². The van der Waals surface area contributed by atoms with Crippen molar-refractivity contribution in [3.05, 3.63) is 47.2 Å². The number of hydrogen-bond acceptors (Lipinski definition) is 3. The molecule has 0 spiro atoms. The molecule has 3 nitrogen and oxygen atoms in total. The molecule has 0 saturated heterocycles. The average Bonchev–Trinajstić information content (AvgIpc) is 2.33. The molecule has 2 aromatic rings. The van der Waals surface area contributed by atoms with E-state index in [2.05, 4.69) is 5.32 Å². The molecule has 94 valence electrons. The number of nitrogens with two attached hydrogens (primary N) is 1. The van der Waals surface area contributed by atoms with Crippen LogP contribution in [0.3, 0.4) is 0 Å². The van der Waals surface area contributed by atoms with Crippen LogP contribution in [-0.2, 0) is 0 Å². The van der Waals surface area contributed by atoms with E-state index in [9.17, 15) is 4.39 Å². The lowest BCUT2D eigenvalue weighted by molar-refractivity contribution is 0.417. The van der Waals surface area contributed by atoms with Gasteiger partial charge < -0.3 is 15.8 Å². The normalized spacial score (nSPS) is 10.2. The number of ether oxygens (including phenoxy) is 1. The molecule has 18 heavy (non-hydrogen) atoms. The first kappa shape index (κ1) is 12.5. The van der Waals surface area contributed by atoms with Crippen molar-refractivity contribution in [2.45, 2.75) is 0 Å². The van der Waals surface area contributed by atoms with Gasteiger partial charge in [0.25, 0.3) is 0 Å². The van der Waals surface area contributed by atoms with Gasteiger partial charge in [-0.15, -0.1) is 0 Å². The Labute approximate surface area is 109 Å². The highest BCUT2D eigenvalue weighted by Crippen LogP contribution is 2.32. The number of anilines is 3. The summed E-state index contributed by atoms with van der Waals surface area (Å²) >= 11 is 5.92. The van der Waals surface area contributed by atoms with E-state index in [0.717, 1.165) is 0 Å². The summed E-state index contributed by atoms with van der Waals surface area (Å²) in [5.41, 5.74) is 7.30. The van der Waals surface area contributed by atoms with Crippen LogP contribution in [0.25, 0.3) is 0 Å². The number of rotatable bonds is 3. The summed E-state index contributed by atoms with van der Waals surface area (Å²) in [4.78, 5) is 0. The first-order valence-corrected chi connectivity index (χ1v) is 5.63. The Hall–Kier alpha value is -1.94. The third kappa shape index (κ3) is 2.65. The van der Waals surface area contributed by atoms with Crippen LogP contribution in [0.5, 0.6) is 5.75 Å². The number of nitrogens with one attached hydrogen (secondary N) is 1. The first-order valence-electron chi connectivity index (χ1n) is 5.26. The van der Waals surface area contributed by atoms with Crippen LogP contribution < -0.4 is 15.8 Å². The summed E-state index contributed by atoms with van der Waals surface area (Å²) in [6, 6.07) is 9.31. The smallest absolute Gasteiger partial charge is 0.142 e. The van der Waals surface area contributed by atoms with E-state index in [-0.39, 0.29) is 5.82 Å². The van der Waals surface area contributed by atoms with Gasteiger partial charge in [0.15, 0.2) is 0 Å². The van der Waals surface area contributed by atoms with Crippen molar-refractivity contribution in [1.29, 1.82) is 0 Å². The fourth-order valence-electron chi connectivity index (χ4n) is 1.57. The maximum atomic E-state index is 12.9. The van der Waals surface area contributed by atoms with Gasteiger partial charge in [0, 0.05) is 5.02 Å². The zero-order valence-electron chi connectivity index (χ0n) is 9.71. The van der Waals surface area contributed by atoms with Gasteiger partial charge in [-0.05, 0) is 36.4 Å². The molecule has 3 N–H and O–H groups in total. The largest absolute Gasteiger partial charge is 0.495 e. The van der Waals surface area contributed by atoms with Crippen molar-refractivity contribution < 1.29 is 9.13 Å². The second kappa shape index (κ2) is 5.14. The third-order valence-corrected chi connectivity index (χ3v) is 2.68. The van der Waals surface area contributed by atoms with Crippen molar-refractivity contribution in [3.8, 4) is 5.75 Å². The number of methoxy groups -OCH3 is 1. The molecular formula is C13H12ClFN2O. The Morgan fingerprint density at radius 1 is 1.17 bits per heavy atom. The van der Waals surface area contributed by atoms with Crippen LogP contribution in [-0.4, -0.2) is 7.11 Å². The van der Waals surface area contributed by atoms with Crippen LogP contribution in [0, 0.1) is 5.82 Å². The maximum absolute atomic E-state index is 12.9. The number of halogens is 2. The van der Waals surface area contributed by atoms with Gasteiger partial charge in [0.1, 0.15) is 11.6 Å². The quantitative estimate of drug-likeness (QED) is 0.831. The van der Waals surface area contributed by atoms with Gasteiger partial charge >= 0.3 is 0 Å². The lowest BCUT2D eigenvalue weighted by Gasteiger charge is -2.13. The van der Waals surface area contributed by atoms with Crippen LogP contribution in [0.1, 0.15) is 0 Å². The molecule has 0 heterocycles. The molecule has 0 amide bonds. The van der Waals surface area contributed by atoms with E-state index in [1.54, 1.807) is 31.4 Å². The molecule has 0 aliphatic rings. The number of nitrogen functional groups attached to an aromatic ring is 1. The van der Waals surface area contributed by atoms with E-state index in [0.29, 0.717) is 27.8 Å². The Balaban J connectivity index is 2.36. The minimum Gasteiger partial charge on any atom is -0.495 e. The minimum atomic E-state index is -0.379. The molecule has 0 unspecified atom stereocenters. The molecule has 0 aliphatic heterocycles. The van der Waals surface area contributed by atoms with Crippen molar-refractivity contribution in [2.24, 2.45) is 0 Å². The third-order valence-electron chi connectivity index (χ3n) is 2.44. The molecule has 0 bridgehead atoms. The molecule has 0 radical (unpaired) electrons. The zero-order chi connectivity index (χ0) is 13.1. The number of hydrogen-bond donors (Lipinski definition) is 2. The van der Waals surface area contributed by atoms with Crippen molar-refractivity contribution in [1.82, 2.24) is 0 Å². The Morgan fingerprint density at radius 3 is 2.61 bits per heavy atom. The van der Waals surface area contributed by atoms with Crippen LogP contribution >= 0.6 is 11.6 Å². The second-order valence-electron chi connectivity index (χ2n) is 3.70. The predicted molar refractivity (Wildman–Crippen MR) is 72.1 cm³/mol. The Kier molecular flexibility index (Phi) is 3.58. The maximum Gasteiger partial charge on any atom is 0.142 e. The van der Waals surface area contributed by atoms with Crippen LogP contribution in [0.2, 0.25) is 5.02 Å². The van der Waals surface area contributed by atoms with Gasteiger partial charge in [-0.1, -0.05) is 11.6 Å². The molecule has 2 aromatic carbocycles. The van der Waals surface area contributed by atoms with E-state index in [1.807, 2.05) is 0 Å². The SMILES string of the molecule is COc1ccc(Cl)cc1Nc1ccc(F)cc1N. The number of benzene rings is 2. The highest BCUT2D eigenvalue weighted by Gasteiger charge is 2.06. The van der Waals surface area contributed by atoms with Crippen molar-refractivity contribution in [2.75, 3.05) is 18.2 Å². The lowest BCUT2D eigenvalue weighted by Crippen LogP contribution is -1.98. The average molecular weight is 267 g/mol. The monoisotopic (exact) mass is 266 g/mol. The molecule has 0 saturated carbocycles. The molecule has 2 rings (SSSR count). The van der Waals surface area contributed by atoms with E-state index >= 15 is 0 Å². The molecule has 0 atom stereocenters. The van der Waals surface area contributed by atoms with Crippen molar-refractivity contribution in [3.63, 3.8) is 0 Å². The minimum absolute atomic E-state index is 0.317. The standard InChI is InChI=1S/C13H12ClFN2O/c1-18-13-5-2-8(14)6-12(13)17-11-4-3-9(15)7-10(11)16/h2-7,17H,16H2,1H3. The second-order valence-corrected chi connectivity index (χ2v) is 4.14. The van der Waals surface area contributed by atoms with E-state index < -0.39 is 0 Å². The van der Waals surface area contributed by atoms with Gasteiger partial charge in [-0.3, -0.25) is 0 Å². The lowest BCUT2D eigenvalue weighted by atomic mass is 10.2. The molecular weight excluding hydrogens is 255 g/mol. The zero-order valence-corrected chi connectivity index (χ0v) is 10.5. The molecule has 0 fully saturated rings. The van der Waals surface area contributed by atoms with Crippen LogP contribution in [0.15, 0.2) is 36.4 Å². The highest BCUT2D eigenvalue weighted by molar-refractivity contribution is 6.31. The predicted octanol–water partition coefficient (Wildman–Crippen LogP) is 3.81. The summed E-state index contributed by atoms with van der Waals surface area (Å²) in [6.07, 6.45) is 0. The summed E-state index contributed by atoms with van der Waals surface area (Å²) in [5, 5.41) is 3.63. The van der Waals surface area contributed by atoms with E-state index in [1.165, 1.54) is 12.1 Å². The van der Waals surface area contributed by atoms with Gasteiger partial charge in [0.2, 0.25) is 0 Å².